The maximum absolute atomic E-state index is 11.9. The lowest BCUT2D eigenvalue weighted by atomic mass is 9.97. The molecule has 9 nitrogen and oxygen atoms in total. The molecule has 1 saturated heterocycles. The fraction of sp³-hybridized carbons (Fsp3) is 0.400. The summed E-state index contributed by atoms with van der Waals surface area (Å²) in [6.07, 6.45) is 2.84. The lowest BCUT2D eigenvalue weighted by molar-refractivity contribution is -0.148. The van der Waals surface area contributed by atoms with E-state index in [1.807, 2.05) is 6.92 Å². The summed E-state index contributed by atoms with van der Waals surface area (Å²) in [5.41, 5.74) is 7.93. The molecule has 0 spiro atoms. The van der Waals surface area contributed by atoms with Gasteiger partial charge in [-0.05, 0) is 44.0 Å². The van der Waals surface area contributed by atoms with Gasteiger partial charge in [0.1, 0.15) is 12.0 Å². The molecule has 1 aliphatic rings. The van der Waals surface area contributed by atoms with Crippen LogP contribution in [0.1, 0.15) is 30.1 Å². The van der Waals surface area contributed by atoms with Gasteiger partial charge in [0.05, 0.1) is 25.2 Å². The first-order valence-electron chi connectivity index (χ1n) is 9.51. The Morgan fingerprint density at radius 3 is 2.52 bits per heavy atom. The molecule has 154 valence electrons. The van der Waals surface area contributed by atoms with Crippen molar-refractivity contribution in [2.45, 2.75) is 19.8 Å². The SMILES string of the molecule is CCOC(=O)C1CCN(c2ncnc(Nc3ccc(C(=O)OC)cc3)c2N)CC1. The number of carbonyl (C=O) groups is 2. The van der Waals surface area contributed by atoms with Crippen molar-refractivity contribution in [1.82, 2.24) is 9.97 Å². The Bertz CT molecular complexity index is 864. The van der Waals surface area contributed by atoms with Crippen molar-refractivity contribution in [3.8, 4) is 0 Å². The minimum Gasteiger partial charge on any atom is -0.466 e. The van der Waals surface area contributed by atoms with Crippen molar-refractivity contribution >= 4 is 34.9 Å². The van der Waals surface area contributed by atoms with Gasteiger partial charge >= 0.3 is 11.9 Å². The number of benzene rings is 1. The minimum absolute atomic E-state index is 0.0832. The van der Waals surface area contributed by atoms with Crippen molar-refractivity contribution in [1.29, 1.82) is 0 Å². The first-order valence-corrected chi connectivity index (χ1v) is 9.51. The highest BCUT2D eigenvalue weighted by atomic mass is 16.5. The summed E-state index contributed by atoms with van der Waals surface area (Å²) in [4.78, 5) is 34.1. The number of aromatic nitrogens is 2. The van der Waals surface area contributed by atoms with Gasteiger partial charge < -0.3 is 25.4 Å². The Kier molecular flexibility index (Phi) is 6.48. The molecule has 2 aromatic rings. The fourth-order valence-corrected chi connectivity index (χ4v) is 3.27. The summed E-state index contributed by atoms with van der Waals surface area (Å²) < 4.78 is 9.81. The third-order valence-corrected chi connectivity index (χ3v) is 4.85. The molecule has 9 heteroatoms. The summed E-state index contributed by atoms with van der Waals surface area (Å²) in [6, 6.07) is 6.82. The number of rotatable bonds is 6. The van der Waals surface area contributed by atoms with Crippen LogP contribution in [-0.2, 0) is 14.3 Å². The molecule has 0 amide bonds. The standard InChI is InChI=1S/C20H25N5O4/c1-3-29-20(27)14-8-10-25(11-9-14)18-16(21)17(22-12-23-18)24-15-6-4-13(5-7-15)19(26)28-2/h4-7,12,14H,3,8-11,21H2,1-2H3,(H,22,23,24). The van der Waals surface area contributed by atoms with E-state index in [1.165, 1.54) is 13.4 Å². The first-order chi connectivity index (χ1) is 14.0. The predicted octanol–water partition coefficient (Wildman–Crippen LogP) is 2.37. The number of carbonyl (C=O) groups excluding carboxylic acids is 2. The molecular weight excluding hydrogens is 374 g/mol. The number of nitrogens with two attached hydrogens (primary N) is 1. The third kappa shape index (κ3) is 4.74. The first kappa shape index (κ1) is 20.4. The summed E-state index contributed by atoms with van der Waals surface area (Å²) in [6.45, 7) is 3.54. The van der Waals surface area contributed by atoms with E-state index in [1.54, 1.807) is 24.3 Å². The summed E-state index contributed by atoms with van der Waals surface area (Å²) in [5.74, 6) is 0.497. The molecule has 0 radical (unpaired) electrons. The van der Waals surface area contributed by atoms with Crippen LogP contribution in [0.5, 0.6) is 0 Å². The van der Waals surface area contributed by atoms with Crippen LogP contribution in [0, 0.1) is 5.92 Å². The molecule has 0 atom stereocenters. The van der Waals surface area contributed by atoms with Crippen LogP contribution in [0.4, 0.5) is 23.0 Å². The molecule has 0 unspecified atom stereocenters. The number of piperidine rings is 1. The predicted molar refractivity (Wildman–Crippen MR) is 109 cm³/mol. The second-order valence-electron chi connectivity index (χ2n) is 6.67. The van der Waals surface area contributed by atoms with Gasteiger partial charge in [-0.25, -0.2) is 14.8 Å². The molecular formula is C20H25N5O4. The molecule has 1 aromatic heterocycles. The zero-order chi connectivity index (χ0) is 20.8. The molecule has 1 fully saturated rings. The van der Waals surface area contributed by atoms with Gasteiger partial charge in [0, 0.05) is 18.8 Å². The molecule has 2 heterocycles. The largest absolute Gasteiger partial charge is 0.466 e. The normalized spacial score (nSPS) is 14.3. The zero-order valence-electron chi connectivity index (χ0n) is 16.6. The molecule has 3 rings (SSSR count). The van der Waals surface area contributed by atoms with E-state index in [0.717, 1.165) is 5.69 Å². The van der Waals surface area contributed by atoms with E-state index in [0.29, 0.717) is 55.4 Å². The van der Waals surface area contributed by atoms with Crippen LogP contribution in [0.2, 0.25) is 0 Å². The van der Waals surface area contributed by atoms with Crippen LogP contribution in [0.15, 0.2) is 30.6 Å². The molecule has 29 heavy (non-hydrogen) atoms. The van der Waals surface area contributed by atoms with Gasteiger partial charge in [-0.1, -0.05) is 0 Å². The Morgan fingerprint density at radius 1 is 1.21 bits per heavy atom. The van der Waals surface area contributed by atoms with E-state index in [2.05, 4.69) is 20.2 Å². The van der Waals surface area contributed by atoms with Crippen molar-refractivity contribution in [3.05, 3.63) is 36.2 Å². The topological polar surface area (TPSA) is 120 Å². The number of hydrogen-bond acceptors (Lipinski definition) is 9. The smallest absolute Gasteiger partial charge is 0.337 e. The van der Waals surface area contributed by atoms with Gasteiger partial charge in [0.15, 0.2) is 11.6 Å². The molecule has 0 aliphatic carbocycles. The maximum Gasteiger partial charge on any atom is 0.337 e. The Hall–Kier alpha value is -3.36. The highest BCUT2D eigenvalue weighted by Gasteiger charge is 2.28. The highest BCUT2D eigenvalue weighted by molar-refractivity contribution is 5.90. The van der Waals surface area contributed by atoms with Crippen molar-refractivity contribution in [2.75, 3.05) is 42.8 Å². The van der Waals surface area contributed by atoms with Crippen LogP contribution in [0.3, 0.4) is 0 Å². The molecule has 1 aliphatic heterocycles. The molecule has 3 N–H and O–H groups in total. The van der Waals surface area contributed by atoms with E-state index < -0.39 is 5.97 Å². The van der Waals surface area contributed by atoms with Gasteiger partial charge in [-0.3, -0.25) is 4.79 Å². The average molecular weight is 399 g/mol. The van der Waals surface area contributed by atoms with Crippen LogP contribution < -0.4 is 16.0 Å². The average Bonchev–Trinajstić information content (AvgIpc) is 2.75. The van der Waals surface area contributed by atoms with Crippen molar-refractivity contribution < 1.29 is 19.1 Å². The lowest BCUT2D eigenvalue weighted by Crippen LogP contribution is -2.37. The number of methoxy groups -OCH3 is 1. The van der Waals surface area contributed by atoms with Crippen LogP contribution in [-0.4, -0.2) is 48.7 Å². The summed E-state index contributed by atoms with van der Waals surface area (Å²) >= 11 is 0. The fourth-order valence-electron chi connectivity index (χ4n) is 3.27. The van der Waals surface area contributed by atoms with E-state index >= 15 is 0 Å². The van der Waals surface area contributed by atoms with Crippen LogP contribution >= 0.6 is 0 Å². The third-order valence-electron chi connectivity index (χ3n) is 4.85. The van der Waals surface area contributed by atoms with E-state index in [-0.39, 0.29) is 11.9 Å². The second-order valence-corrected chi connectivity index (χ2v) is 6.67. The number of hydrogen-bond donors (Lipinski definition) is 2. The Morgan fingerprint density at radius 2 is 1.90 bits per heavy atom. The number of anilines is 4. The molecule has 0 saturated carbocycles. The van der Waals surface area contributed by atoms with Gasteiger partial charge in [0.2, 0.25) is 0 Å². The summed E-state index contributed by atoms with van der Waals surface area (Å²) in [5, 5.41) is 3.15. The molecule has 1 aromatic carbocycles. The van der Waals surface area contributed by atoms with Gasteiger partial charge in [-0.2, -0.15) is 0 Å². The number of nitrogens with zero attached hydrogens (tertiary/aromatic N) is 3. The van der Waals surface area contributed by atoms with E-state index in [4.69, 9.17) is 15.2 Å². The molecule has 0 bridgehead atoms. The van der Waals surface area contributed by atoms with Gasteiger partial charge in [-0.15, -0.1) is 0 Å². The number of esters is 2. The quantitative estimate of drug-likeness (QED) is 0.705. The second kappa shape index (κ2) is 9.22. The van der Waals surface area contributed by atoms with Crippen LogP contribution in [0.25, 0.3) is 0 Å². The van der Waals surface area contributed by atoms with Crippen molar-refractivity contribution in [2.24, 2.45) is 5.92 Å². The summed E-state index contributed by atoms with van der Waals surface area (Å²) in [7, 11) is 1.34. The monoisotopic (exact) mass is 399 g/mol. The van der Waals surface area contributed by atoms with E-state index in [9.17, 15) is 9.59 Å². The number of nitrogens with one attached hydrogen (secondary N) is 1. The van der Waals surface area contributed by atoms with Gasteiger partial charge in [0.25, 0.3) is 0 Å². The maximum atomic E-state index is 11.9. The highest BCUT2D eigenvalue weighted by Crippen LogP contribution is 2.31. The lowest BCUT2D eigenvalue weighted by Gasteiger charge is -2.32. The Balaban J connectivity index is 1.69. The minimum atomic E-state index is -0.397. The number of ether oxygens (including phenoxy) is 2. The van der Waals surface area contributed by atoms with Crippen molar-refractivity contribution in [3.63, 3.8) is 0 Å². The number of nitrogen functional groups attached to an aromatic ring is 1. The Labute approximate surface area is 169 Å². The zero-order valence-corrected chi connectivity index (χ0v) is 16.6.